The molecule has 0 aromatic carbocycles. The largest absolute Gasteiger partial charge is 0.352 e. The molecule has 1 aliphatic heterocycles. The van der Waals surface area contributed by atoms with Gasteiger partial charge in [0.15, 0.2) is 0 Å². The summed E-state index contributed by atoms with van der Waals surface area (Å²) < 4.78 is 0. The molecule has 0 bridgehead atoms. The monoisotopic (exact) mass is 281 g/mol. The summed E-state index contributed by atoms with van der Waals surface area (Å²) in [4.78, 5) is 7.00. The summed E-state index contributed by atoms with van der Waals surface area (Å²) in [7, 11) is 0. The molecular weight excluding hydrogens is 258 g/mol. The average Bonchev–Trinajstić information content (AvgIpc) is 2.45. The summed E-state index contributed by atoms with van der Waals surface area (Å²) in [5.74, 6) is 0.966. The van der Waals surface area contributed by atoms with Crippen molar-refractivity contribution in [2.24, 2.45) is 0 Å². The first-order valence-corrected chi connectivity index (χ1v) is 7.75. The molecule has 1 aromatic heterocycles. The van der Waals surface area contributed by atoms with E-state index in [9.17, 15) is 0 Å². The quantitative estimate of drug-likeness (QED) is 0.894. The smallest absolute Gasteiger partial charge is 0.147 e. The SMILES string of the molecule is CCNCc1cnc(N2CCCCC2CC)c(Cl)c1. The Hall–Kier alpha value is -0.800. The number of pyridine rings is 1. The molecule has 19 heavy (non-hydrogen) atoms. The highest BCUT2D eigenvalue weighted by molar-refractivity contribution is 6.33. The molecule has 0 aliphatic carbocycles. The van der Waals surface area contributed by atoms with Crippen molar-refractivity contribution in [3.63, 3.8) is 0 Å². The van der Waals surface area contributed by atoms with E-state index in [4.69, 9.17) is 11.6 Å². The van der Waals surface area contributed by atoms with Gasteiger partial charge in [0.25, 0.3) is 0 Å². The molecule has 0 saturated carbocycles. The summed E-state index contributed by atoms with van der Waals surface area (Å²) in [5.41, 5.74) is 1.15. The minimum atomic E-state index is 0.596. The third-order valence-corrected chi connectivity index (χ3v) is 4.11. The molecule has 1 aliphatic rings. The molecule has 106 valence electrons. The maximum absolute atomic E-state index is 6.43. The second-order valence-electron chi connectivity index (χ2n) is 5.18. The molecule has 0 spiro atoms. The van der Waals surface area contributed by atoms with Crippen molar-refractivity contribution in [1.29, 1.82) is 0 Å². The van der Waals surface area contributed by atoms with Crippen LogP contribution in [0.1, 0.15) is 45.1 Å². The van der Waals surface area contributed by atoms with Crippen LogP contribution in [-0.2, 0) is 6.54 Å². The van der Waals surface area contributed by atoms with Gasteiger partial charge in [0, 0.05) is 25.3 Å². The van der Waals surface area contributed by atoms with Crippen LogP contribution in [0.25, 0.3) is 0 Å². The van der Waals surface area contributed by atoms with E-state index >= 15 is 0 Å². The fraction of sp³-hybridized carbons (Fsp3) is 0.667. The Morgan fingerprint density at radius 2 is 2.26 bits per heavy atom. The molecule has 0 amide bonds. The molecule has 2 rings (SSSR count). The van der Waals surface area contributed by atoms with Crippen molar-refractivity contribution >= 4 is 17.4 Å². The summed E-state index contributed by atoms with van der Waals surface area (Å²) in [5, 5.41) is 4.09. The fourth-order valence-electron chi connectivity index (χ4n) is 2.75. The average molecular weight is 282 g/mol. The Morgan fingerprint density at radius 3 is 2.95 bits per heavy atom. The van der Waals surface area contributed by atoms with Gasteiger partial charge in [0.05, 0.1) is 5.02 Å². The highest BCUT2D eigenvalue weighted by Crippen LogP contribution is 2.30. The van der Waals surface area contributed by atoms with Crippen molar-refractivity contribution in [2.45, 2.75) is 52.1 Å². The minimum Gasteiger partial charge on any atom is -0.352 e. The first-order valence-electron chi connectivity index (χ1n) is 7.38. The number of aromatic nitrogens is 1. The van der Waals surface area contributed by atoms with Crippen molar-refractivity contribution in [2.75, 3.05) is 18.0 Å². The Morgan fingerprint density at radius 1 is 1.42 bits per heavy atom. The Labute approximate surface area is 121 Å². The van der Waals surface area contributed by atoms with Gasteiger partial charge in [-0.2, -0.15) is 0 Å². The van der Waals surface area contributed by atoms with Crippen LogP contribution in [0.15, 0.2) is 12.3 Å². The Balaban J connectivity index is 2.14. The lowest BCUT2D eigenvalue weighted by atomic mass is 10.00. The predicted octanol–water partition coefficient (Wildman–Crippen LogP) is 3.61. The van der Waals surface area contributed by atoms with Gasteiger partial charge in [-0.05, 0) is 43.9 Å². The molecule has 1 unspecified atom stereocenters. The van der Waals surface area contributed by atoms with E-state index in [1.807, 2.05) is 12.3 Å². The van der Waals surface area contributed by atoms with Gasteiger partial charge in [-0.25, -0.2) is 4.98 Å². The van der Waals surface area contributed by atoms with Crippen molar-refractivity contribution < 1.29 is 0 Å². The third-order valence-electron chi connectivity index (χ3n) is 3.83. The van der Waals surface area contributed by atoms with Crippen LogP contribution in [0.5, 0.6) is 0 Å². The standard InChI is InChI=1S/C15H24ClN3/c1-3-13-7-5-6-8-19(13)15-14(16)9-12(11-18-15)10-17-4-2/h9,11,13,17H,3-8,10H2,1-2H3. The van der Waals surface area contributed by atoms with Crippen LogP contribution >= 0.6 is 11.6 Å². The number of piperidine rings is 1. The molecule has 3 nitrogen and oxygen atoms in total. The summed E-state index contributed by atoms with van der Waals surface area (Å²) in [6.45, 7) is 7.22. The van der Waals surface area contributed by atoms with Crippen LogP contribution in [-0.4, -0.2) is 24.1 Å². The van der Waals surface area contributed by atoms with E-state index in [0.717, 1.165) is 42.5 Å². The van der Waals surface area contributed by atoms with Gasteiger partial charge in [-0.3, -0.25) is 0 Å². The molecule has 1 atom stereocenters. The molecule has 1 saturated heterocycles. The zero-order valence-corrected chi connectivity index (χ0v) is 12.7. The number of nitrogens with zero attached hydrogens (tertiary/aromatic N) is 2. The van der Waals surface area contributed by atoms with Crippen molar-refractivity contribution in [3.8, 4) is 0 Å². The first-order chi connectivity index (χ1) is 9.26. The highest BCUT2D eigenvalue weighted by atomic mass is 35.5. The third kappa shape index (κ3) is 3.61. The zero-order chi connectivity index (χ0) is 13.7. The summed E-state index contributed by atoms with van der Waals surface area (Å²) in [6.07, 6.45) is 6.94. The first kappa shape index (κ1) is 14.6. The number of hydrogen-bond donors (Lipinski definition) is 1. The van der Waals surface area contributed by atoms with Gasteiger partial charge >= 0.3 is 0 Å². The molecule has 2 heterocycles. The van der Waals surface area contributed by atoms with E-state index in [1.54, 1.807) is 0 Å². The van der Waals surface area contributed by atoms with Crippen LogP contribution in [0.4, 0.5) is 5.82 Å². The normalized spacial score (nSPS) is 19.7. The molecule has 0 radical (unpaired) electrons. The summed E-state index contributed by atoms with van der Waals surface area (Å²) >= 11 is 6.43. The van der Waals surface area contributed by atoms with Crippen LogP contribution in [0.2, 0.25) is 5.02 Å². The molecule has 1 aromatic rings. The van der Waals surface area contributed by atoms with E-state index in [2.05, 4.69) is 29.0 Å². The van der Waals surface area contributed by atoms with Gasteiger partial charge < -0.3 is 10.2 Å². The lowest BCUT2D eigenvalue weighted by Crippen LogP contribution is -2.39. The number of nitrogens with one attached hydrogen (secondary N) is 1. The van der Waals surface area contributed by atoms with E-state index in [0.29, 0.717) is 6.04 Å². The second kappa shape index (κ2) is 7.11. The number of anilines is 1. The highest BCUT2D eigenvalue weighted by Gasteiger charge is 2.23. The Bertz CT molecular complexity index is 408. The zero-order valence-electron chi connectivity index (χ0n) is 12.0. The van der Waals surface area contributed by atoms with Gasteiger partial charge in [-0.15, -0.1) is 0 Å². The molecular formula is C15H24ClN3. The second-order valence-corrected chi connectivity index (χ2v) is 5.59. The molecule has 4 heteroatoms. The van der Waals surface area contributed by atoms with Gasteiger partial charge in [0.1, 0.15) is 5.82 Å². The maximum atomic E-state index is 6.43. The number of rotatable bonds is 5. The van der Waals surface area contributed by atoms with E-state index in [1.165, 1.54) is 19.3 Å². The van der Waals surface area contributed by atoms with Crippen LogP contribution < -0.4 is 10.2 Å². The summed E-state index contributed by atoms with van der Waals surface area (Å²) in [6, 6.07) is 2.65. The number of hydrogen-bond acceptors (Lipinski definition) is 3. The predicted molar refractivity (Wildman–Crippen MR) is 81.9 cm³/mol. The lowest BCUT2D eigenvalue weighted by Gasteiger charge is -2.36. The van der Waals surface area contributed by atoms with Gasteiger partial charge in [-0.1, -0.05) is 25.4 Å². The van der Waals surface area contributed by atoms with Crippen LogP contribution in [0, 0.1) is 0 Å². The van der Waals surface area contributed by atoms with Gasteiger partial charge in [0.2, 0.25) is 0 Å². The number of halogens is 1. The molecule has 1 fully saturated rings. The van der Waals surface area contributed by atoms with E-state index in [-0.39, 0.29) is 0 Å². The fourth-order valence-corrected chi connectivity index (χ4v) is 3.05. The lowest BCUT2D eigenvalue weighted by molar-refractivity contribution is 0.447. The minimum absolute atomic E-state index is 0.596. The van der Waals surface area contributed by atoms with Crippen molar-refractivity contribution in [3.05, 3.63) is 22.8 Å². The Kier molecular flexibility index (Phi) is 5.46. The maximum Gasteiger partial charge on any atom is 0.147 e. The molecule has 1 N–H and O–H groups in total. The van der Waals surface area contributed by atoms with Crippen LogP contribution in [0.3, 0.4) is 0 Å². The van der Waals surface area contributed by atoms with Crippen molar-refractivity contribution in [1.82, 2.24) is 10.3 Å². The van der Waals surface area contributed by atoms with E-state index < -0.39 is 0 Å². The topological polar surface area (TPSA) is 28.2 Å².